The summed E-state index contributed by atoms with van der Waals surface area (Å²) in [6, 6.07) is 12.2. The van der Waals surface area contributed by atoms with Gasteiger partial charge in [0, 0.05) is 26.7 Å². The molecule has 0 aliphatic heterocycles. The molecule has 0 saturated heterocycles. The molecule has 1 atom stereocenters. The number of anilines is 1. The van der Waals surface area contributed by atoms with Crippen LogP contribution in [0.1, 0.15) is 56.6 Å². The van der Waals surface area contributed by atoms with E-state index in [1.165, 1.54) is 37.2 Å². The molecule has 0 spiro atoms. The van der Waals surface area contributed by atoms with Crippen molar-refractivity contribution in [1.29, 1.82) is 0 Å². The molecule has 1 aliphatic carbocycles. The van der Waals surface area contributed by atoms with Gasteiger partial charge in [-0.25, -0.2) is 8.70 Å². The number of rotatable bonds is 11. The average molecular weight is 547 g/mol. The summed E-state index contributed by atoms with van der Waals surface area (Å²) in [5.74, 6) is -1.61. The topological polar surface area (TPSA) is 90.0 Å². The summed E-state index contributed by atoms with van der Waals surface area (Å²) in [4.78, 5) is 28.8. The van der Waals surface area contributed by atoms with Crippen LogP contribution in [0.25, 0.3) is 0 Å². The van der Waals surface area contributed by atoms with Crippen LogP contribution in [0.2, 0.25) is 0 Å². The maximum absolute atomic E-state index is 14.8. The fourth-order valence-electron chi connectivity index (χ4n) is 4.79. The van der Waals surface area contributed by atoms with Crippen molar-refractivity contribution >= 4 is 27.7 Å². The second-order valence-electron chi connectivity index (χ2n) is 9.96. The van der Waals surface area contributed by atoms with Gasteiger partial charge in [0.25, 0.3) is 0 Å². The molecule has 8 nitrogen and oxygen atoms in total. The molecule has 208 valence electrons. The van der Waals surface area contributed by atoms with E-state index in [9.17, 15) is 22.4 Å². The van der Waals surface area contributed by atoms with Crippen LogP contribution in [-0.4, -0.2) is 62.2 Å². The monoisotopic (exact) mass is 546 g/mol. The van der Waals surface area contributed by atoms with Crippen molar-refractivity contribution in [2.24, 2.45) is 0 Å². The number of carbonyl (C=O) groups excluding carboxylic acids is 2. The molecule has 38 heavy (non-hydrogen) atoms. The lowest BCUT2D eigenvalue weighted by molar-refractivity contribution is -0.140. The van der Waals surface area contributed by atoms with Gasteiger partial charge in [-0.2, -0.15) is 12.7 Å². The number of hydrogen-bond acceptors (Lipinski definition) is 4. The van der Waals surface area contributed by atoms with Gasteiger partial charge in [-0.1, -0.05) is 62.6 Å². The Hall–Kier alpha value is -2.98. The molecule has 10 heteroatoms. The zero-order chi connectivity index (χ0) is 27.9. The zero-order valence-corrected chi connectivity index (χ0v) is 23.5. The van der Waals surface area contributed by atoms with Gasteiger partial charge in [-0.3, -0.25) is 9.59 Å². The fraction of sp³-hybridized carbons (Fsp3) is 0.500. The smallest absolute Gasteiger partial charge is 0.304 e. The van der Waals surface area contributed by atoms with Crippen molar-refractivity contribution < 1.29 is 22.4 Å². The van der Waals surface area contributed by atoms with Crippen molar-refractivity contribution in [3.8, 4) is 0 Å². The van der Waals surface area contributed by atoms with Crippen LogP contribution in [0.3, 0.4) is 0 Å². The molecule has 0 unspecified atom stereocenters. The highest BCUT2D eigenvalue weighted by Crippen LogP contribution is 2.25. The largest absolute Gasteiger partial charge is 0.352 e. The van der Waals surface area contributed by atoms with Crippen LogP contribution in [0.15, 0.2) is 48.5 Å². The standard InChI is InChI=1S/C28H39FN4O4S/c1-5-25(28(35)30-23-15-7-6-8-16-23)32(19-22-14-10-9-13-21(22)2)27(34)20-33(38(36,37)31(3)4)26-18-12-11-17-24(26)29/h9-14,17-18,23,25H,5-8,15-16,19-20H2,1-4H3,(H,30,35)/t25-/m1/s1. The molecule has 2 aromatic carbocycles. The van der Waals surface area contributed by atoms with Crippen molar-refractivity contribution in [3.63, 3.8) is 0 Å². The number of nitrogens with zero attached hydrogens (tertiary/aromatic N) is 3. The number of nitrogens with one attached hydrogen (secondary N) is 1. The van der Waals surface area contributed by atoms with Crippen LogP contribution in [0.5, 0.6) is 0 Å². The summed E-state index contributed by atoms with van der Waals surface area (Å²) in [6.07, 6.45) is 5.39. The molecule has 3 rings (SSSR count). The first-order valence-electron chi connectivity index (χ1n) is 13.1. The number of halogens is 1. The predicted octanol–water partition coefficient (Wildman–Crippen LogP) is 4.00. The number of carbonyl (C=O) groups is 2. The molecular weight excluding hydrogens is 507 g/mol. The third-order valence-corrected chi connectivity index (χ3v) is 8.89. The van der Waals surface area contributed by atoms with E-state index < -0.39 is 34.5 Å². The van der Waals surface area contributed by atoms with Gasteiger partial charge < -0.3 is 10.2 Å². The number of amides is 2. The average Bonchev–Trinajstić information content (AvgIpc) is 2.89. The molecule has 0 aromatic heterocycles. The summed E-state index contributed by atoms with van der Waals surface area (Å²) in [5, 5.41) is 3.12. The minimum absolute atomic E-state index is 0.0599. The molecule has 0 heterocycles. The SMILES string of the molecule is CC[C@H](C(=O)NC1CCCCC1)N(Cc1ccccc1C)C(=O)CN(c1ccccc1F)S(=O)(=O)N(C)C. The van der Waals surface area contributed by atoms with E-state index >= 15 is 0 Å². The Bertz CT molecular complexity index is 1210. The van der Waals surface area contributed by atoms with Gasteiger partial charge in [0.2, 0.25) is 11.8 Å². The Morgan fingerprint density at radius 2 is 1.66 bits per heavy atom. The van der Waals surface area contributed by atoms with Gasteiger partial charge in [0.15, 0.2) is 0 Å². The van der Waals surface area contributed by atoms with Crippen molar-refractivity contribution in [2.75, 3.05) is 24.9 Å². The number of hydrogen-bond donors (Lipinski definition) is 1. The third kappa shape index (κ3) is 7.11. The molecule has 0 radical (unpaired) electrons. The van der Waals surface area contributed by atoms with E-state index in [1.54, 1.807) is 0 Å². The van der Waals surface area contributed by atoms with Gasteiger partial charge >= 0.3 is 10.2 Å². The van der Waals surface area contributed by atoms with E-state index in [4.69, 9.17) is 0 Å². The van der Waals surface area contributed by atoms with Gasteiger partial charge in [0.05, 0.1) is 5.69 Å². The number of aryl methyl sites for hydroxylation is 1. The first-order chi connectivity index (χ1) is 18.1. The Kier molecular flexibility index (Phi) is 10.3. The number of para-hydroxylation sites is 1. The van der Waals surface area contributed by atoms with Crippen LogP contribution in [-0.2, 0) is 26.3 Å². The third-order valence-electron chi connectivity index (χ3n) is 7.08. The molecule has 2 amide bonds. The summed E-state index contributed by atoms with van der Waals surface area (Å²) in [6.45, 7) is 3.22. The van der Waals surface area contributed by atoms with Gasteiger partial charge in [0.1, 0.15) is 18.4 Å². The van der Waals surface area contributed by atoms with E-state index in [0.717, 1.165) is 57.9 Å². The predicted molar refractivity (Wildman–Crippen MR) is 147 cm³/mol. The van der Waals surface area contributed by atoms with Gasteiger partial charge in [-0.15, -0.1) is 0 Å². The van der Waals surface area contributed by atoms with Crippen molar-refractivity contribution in [3.05, 3.63) is 65.5 Å². The minimum atomic E-state index is -4.22. The Morgan fingerprint density at radius 1 is 1.03 bits per heavy atom. The minimum Gasteiger partial charge on any atom is -0.352 e. The lowest BCUT2D eigenvalue weighted by Crippen LogP contribution is -2.54. The zero-order valence-electron chi connectivity index (χ0n) is 22.7. The summed E-state index contributed by atoms with van der Waals surface area (Å²) in [7, 11) is -1.57. The second-order valence-corrected chi connectivity index (χ2v) is 12.0. The summed E-state index contributed by atoms with van der Waals surface area (Å²) < 4.78 is 42.9. The van der Waals surface area contributed by atoms with Crippen LogP contribution in [0.4, 0.5) is 10.1 Å². The maximum atomic E-state index is 14.8. The van der Waals surface area contributed by atoms with Crippen LogP contribution in [0, 0.1) is 12.7 Å². The maximum Gasteiger partial charge on any atom is 0.304 e. The highest BCUT2D eigenvalue weighted by Gasteiger charge is 2.35. The summed E-state index contributed by atoms with van der Waals surface area (Å²) in [5.41, 5.74) is 1.56. The molecular formula is C28H39FN4O4S. The van der Waals surface area contributed by atoms with E-state index in [1.807, 2.05) is 38.1 Å². The Balaban J connectivity index is 1.98. The van der Waals surface area contributed by atoms with E-state index in [-0.39, 0.29) is 24.2 Å². The first-order valence-corrected chi connectivity index (χ1v) is 14.5. The van der Waals surface area contributed by atoms with Crippen LogP contribution < -0.4 is 9.62 Å². The molecule has 0 bridgehead atoms. The van der Waals surface area contributed by atoms with E-state index in [0.29, 0.717) is 6.42 Å². The second kappa shape index (κ2) is 13.2. The highest BCUT2D eigenvalue weighted by molar-refractivity contribution is 7.90. The molecule has 1 aliphatic rings. The molecule has 1 saturated carbocycles. The highest BCUT2D eigenvalue weighted by atomic mass is 32.2. The molecule has 2 aromatic rings. The van der Waals surface area contributed by atoms with Crippen molar-refractivity contribution in [1.82, 2.24) is 14.5 Å². The quantitative estimate of drug-likeness (QED) is 0.461. The Labute approximate surface area is 226 Å². The fourth-order valence-corrected chi connectivity index (χ4v) is 5.86. The van der Waals surface area contributed by atoms with Crippen molar-refractivity contribution in [2.45, 2.75) is 71.0 Å². The number of benzene rings is 2. The lowest BCUT2D eigenvalue weighted by atomic mass is 9.95. The normalized spacial score (nSPS) is 15.2. The lowest BCUT2D eigenvalue weighted by Gasteiger charge is -2.35. The van der Waals surface area contributed by atoms with Gasteiger partial charge in [-0.05, 0) is 49.4 Å². The Morgan fingerprint density at radius 3 is 2.26 bits per heavy atom. The van der Waals surface area contributed by atoms with Crippen LogP contribution >= 0.6 is 0 Å². The molecule has 1 fully saturated rings. The summed E-state index contributed by atoms with van der Waals surface area (Å²) >= 11 is 0. The molecule has 1 N–H and O–H groups in total. The first kappa shape index (κ1) is 29.6. The van der Waals surface area contributed by atoms with E-state index in [2.05, 4.69) is 5.32 Å².